The number of aromatic nitrogens is 1. The highest BCUT2D eigenvalue weighted by atomic mass is 127. The Morgan fingerprint density at radius 1 is 1.23 bits per heavy atom. The van der Waals surface area contributed by atoms with Gasteiger partial charge in [-0.25, -0.2) is 4.98 Å². The third-order valence-corrected chi connectivity index (χ3v) is 5.69. The Kier molecular flexibility index (Phi) is 8.71. The van der Waals surface area contributed by atoms with Crippen molar-refractivity contribution in [3.8, 4) is 0 Å². The lowest BCUT2D eigenvalue weighted by Crippen LogP contribution is -2.43. The lowest BCUT2D eigenvalue weighted by molar-refractivity contribution is 0.0529. The van der Waals surface area contributed by atoms with Crippen LogP contribution in [0.15, 0.2) is 59.7 Å². The van der Waals surface area contributed by atoms with Gasteiger partial charge in [-0.1, -0.05) is 36.4 Å². The molecule has 2 aliphatic heterocycles. The molecule has 2 aromatic rings. The summed E-state index contributed by atoms with van der Waals surface area (Å²) >= 11 is 0. The standard InChI is InChI=1S/C24H31N5O.HI/c1-19-18-29(14-15-30-19)23-16-20(8-11-26-23)17-27-24(25-2)28-12-9-22(10-13-28)21-6-4-3-5-7-21;/h3-9,11,16,19H,10,12-15,17-18H2,1-2H3,(H,25,27);1H. The highest BCUT2D eigenvalue weighted by Crippen LogP contribution is 2.22. The Balaban J connectivity index is 0.00000272. The van der Waals surface area contributed by atoms with E-state index in [2.05, 4.69) is 80.6 Å². The van der Waals surface area contributed by atoms with Gasteiger partial charge in [0.1, 0.15) is 5.82 Å². The zero-order chi connectivity index (χ0) is 20.8. The number of benzene rings is 1. The fourth-order valence-electron chi connectivity index (χ4n) is 4.06. The van der Waals surface area contributed by atoms with Crippen molar-refractivity contribution >= 4 is 41.3 Å². The number of nitrogens with one attached hydrogen (secondary N) is 1. The lowest BCUT2D eigenvalue weighted by atomic mass is 10.00. The summed E-state index contributed by atoms with van der Waals surface area (Å²) in [6.45, 7) is 7.21. The number of rotatable bonds is 4. The Morgan fingerprint density at radius 2 is 2.06 bits per heavy atom. The second-order valence-corrected chi connectivity index (χ2v) is 7.84. The molecule has 0 amide bonds. The van der Waals surface area contributed by atoms with Crippen LogP contribution in [0.25, 0.3) is 5.57 Å². The first-order valence-corrected chi connectivity index (χ1v) is 10.7. The SMILES string of the molecule is CN=C(NCc1ccnc(N2CCOC(C)C2)c1)N1CC=C(c2ccccc2)CC1.I. The molecule has 7 heteroatoms. The van der Waals surface area contributed by atoms with Crippen LogP contribution in [0.1, 0.15) is 24.5 Å². The second kappa shape index (κ2) is 11.5. The minimum atomic E-state index is 0. The zero-order valence-corrected chi connectivity index (χ0v) is 20.7. The first kappa shape index (κ1) is 23.5. The van der Waals surface area contributed by atoms with Gasteiger partial charge in [0.2, 0.25) is 0 Å². The minimum Gasteiger partial charge on any atom is -0.375 e. The molecular weight excluding hydrogens is 501 g/mol. The number of hydrogen-bond donors (Lipinski definition) is 1. The largest absolute Gasteiger partial charge is 0.375 e. The van der Waals surface area contributed by atoms with E-state index in [1.54, 1.807) is 0 Å². The summed E-state index contributed by atoms with van der Waals surface area (Å²) in [5.74, 6) is 1.96. The Morgan fingerprint density at radius 3 is 2.77 bits per heavy atom. The average Bonchev–Trinajstić information content (AvgIpc) is 2.81. The number of anilines is 1. The first-order chi connectivity index (χ1) is 14.7. The van der Waals surface area contributed by atoms with Gasteiger partial charge in [-0.3, -0.25) is 4.99 Å². The lowest BCUT2D eigenvalue weighted by Gasteiger charge is -2.32. The van der Waals surface area contributed by atoms with E-state index in [4.69, 9.17) is 4.74 Å². The molecule has 0 bridgehead atoms. The molecule has 2 aliphatic rings. The van der Waals surface area contributed by atoms with Crippen molar-refractivity contribution in [2.75, 3.05) is 44.7 Å². The highest BCUT2D eigenvalue weighted by molar-refractivity contribution is 14.0. The van der Waals surface area contributed by atoms with E-state index in [1.807, 2.05) is 13.2 Å². The van der Waals surface area contributed by atoms with Crippen molar-refractivity contribution < 1.29 is 4.74 Å². The number of hydrogen-bond acceptors (Lipinski definition) is 4. The smallest absolute Gasteiger partial charge is 0.194 e. The maximum atomic E-state index is 5.65. The van der Waals surface area contributed by atoms with Crippen LogP contribution in [0.3, 0.4) is 0 Å². The molecule has 0 radical (unpaired) electrons. The minimum absolute atomic E-state index is 0. The summed E-state index contributed by atoms with van der Waals surface area (Å²) < 4.78 is 5.65. The fourth-order valence-corrected chi connectivity index (χ4v) is 4.06. The molecule has 3 heterocycles. The third kappa shape index (κ3) is 6.20. The van der Waals surface area contributed by atoms with Crippen LogP contribution < -0.4 is 10.2 Å². The topological polar surface area (TPSA) is 53.0 Å². The first-order valence-electron chi connectivity index (χ1n) is 10.7. The van der Waals surface area contributed by atoms with E-state index < -0.39 is 0 Å². The maximum Gasteiger partial charge on any atom is 0.194 e. The van der Waals surface area contributed by atoms with Crippen LogP contribution >= 0.6 is 24.0 Å². The van der Waals surface area contributed by atoms with E-state index >= 15 is 0 Å². The van der Waals surface area contributed by atoms with Crippen LogP contribution in [0.5, 0.6) is 0 Å². The molecule has 1 saturated heterocycles. The van der Waals surface area contributed by atoms with E-state index in [1.165, 1.54) is 16.7 Å². The third-order valence-electron chi connectivity index (χ3n) is 5.69. The molecule has 0 saturated carbocycles. The molecule has 6 nitrogen and oxygen atoms in total. The van der Waals surface area contributed by atoms with E-state index in [0.29, 0.717) is 0 Å². The highest BCUT2D eigenvalue weighted by Gasteiger charge is 2.19. The number of pyridine rings is 1. The van der Waals surface area contributed by atoms with Gasteiger partial charge in [0.15, 0.2) is 5.96 Å². The molecule has 4 rings (SSSR count). The predicted molar refractivity (Wildman–Crippen MR) is 138 cm³/mol. The monoisotopic (exact) mass is 533 g/mol. The summed E-state index contributed by atoms with van der Waals surface area (Å²) in [5.41, 5.74) is 3.94. The molecule has 1 fully saturated rings. The van der Waals surface area contributed by atoms with Crippen molar-refractivity contribution in [2.24, 2.45) is 4.99 Å². The molecule has 166 valence electrons. The quantitative estimate of drug-likeness (QED) is 0.369. The van der Waals surface area contributed by atoms with Crippen LogP contribution in [-0.2, 0) is 11.3 Å². The van der Waals surface area contributed by atoms with Gasteiger partial charge >= 0.3 is 0 Å². The van der Waals surface area contributed by atoms with Crippen molar-refractivity contribution in [1.82, 2.24) is 15.2 Å². The summed E-state index contributed by atoms with van der Waals surface area (Å²) in [6, 6.07) is 14.9. The zero-order valence-electron chi connectivity index (χ0n) is 18.3. The van der Waals surface area contributed by atoms with Gasteiger partial charge in [0.25, 0.3) is 0 Å². The number of aliphatic imine (C=N–C) groups is 1. The summed E-state index contributed by atoms with van der Waals surface area (Å²) in [4.78, 5) is 13.7. The number of morpholine rings is 1. The van der Waals surface area contributed by atoms with E-state index in [0.717, 1.165) is 57.5 Å². The van der Waals surface area contributed by atoms with Gasteiger partial charge in [-0.2, -0.15) is 0 Å². The Bertz CT molecular complexity index is 902. The number of halogens is 1. The molecule has 0 spiro atoms. The van der Waals surface area contributed by atoms with Crippen LogP contribution in [0, 0.1) is 0 Å². The molecule has 0 aliphatic carbocycles. The van der Waals surface area contributed by atoms with Crippen LogP contribution in [0.2, 0.25) is 0 Å². The van der Waals surface area contributed by atoms with E-state index in [9.17, 15) is 0 Å². The summed E-state index contributed by atoms with van der Waals surface area (Å²) in [6.07, 6.45) is 5.48. The van der Waals surface area contributed by atoms with Crippen LogP contribution in [-0.4, -0.2) is 61.8 Å². The van der Waals surface area contributed by atoms with E-state index in [-0.39, 0.29) is 30.1 Å². The van der Waals surface area contributed by atoms with Gasteiger partial charge in [-0.05, 0) is 42.2 Å². The van der Waals surface area contributed by atoms with Crippen LogP contribution in [0.4, 0.5) is 5.82 Å². The second-order valence-electron chi connectivity index (χ2n) is 7.84. The molecule has 1 unspecified atom stereocenters. The average molecular weight is 533 g/mol. The summed E-state index contributed by atoms with van der Waals surface area (Å²) in [5, 5.41) is 3.52. The van der Waals surface area contributed by atoms with Gasteiger partial charge in [0.05, 0.1) is 12.7 Å². The fraction of sp³-hybridized carbons (Fsp3) is 0.417. The molecule has 31 heavy (non-hydrogen) atoms. The molecule has 1 aromatic carbocycles. The van der Waals surface area contributed by atoms with Gasteiger partial charge in [0, 0.05) is 46.0 Å². The molecule has 1 aromatic heterocycles. The summed E-state index contributed by atoms with van der Waals surface area (Å²) in [7, 11) is 1.85. The Hall–Kier alpha value is -2.13. The maximum absolute atomic E-state index is 5.65. The van der Waals surface area contributed by atoms with Crippen molar-refractivity contribution in [3.05, 3.63) is 65.9 Å². The van der Waals surface area contributed by atoms with Gasteiger partial charge in [-0.15, -0.1) is 24.0 Å². The predicted octanol–water partition coefficient (Wildman–Crippen LogP) is 3.79. The molecule has 1 N–H and O–H groups in total. The Labute approximate surface area is 202 Å². The molecule has 1 atom stereocenters. The van der Waals surface area contributed by atoms with Crippen molar-refractivity contribution in [1.29, 1.82) is 0 Å². The van der Waals surface area contributed by atoms with Crippen molar-refractivity contribution in [3.63, 3.8) is 0 Å². The number of ether oxygens (including phenoxy) is 1. The number of nitrogens with zero attached hydrogens (tertiary/aromatic N) is 4. The normalized spacial score (nSPS) is 19.5. The van der Waals surface area contributed by atoms with Crippen molar-refractivity contribution in [2.45, 2.75) is 26.0 Å². The molecular formula is C24H32IN5O. The van der Waals surface area contributed by atoms with Gasteiger partial charge < -0.3 is 19.9 Å². The number of guanidine groups is 1.